The quantitative estimate of drug-likeness (QED) is 0.815. The number of amides is 2. The van der Waals surface area contributed by atoms with E-state index >= 15 is 0 Å². The van der Waals surface area contributed by atoms with Gasteiger partial charge < -0.3 is 20.1 Å². The normalized spacial score (nSPS) is 20.0. The molecule has 1 aromatic carbocycles. The number of benzene rings is 1. The van der Waals surface area contributed by atoms with Crippen LogP contribution in [0.3, 0.4) is 0 Å². The van der Waals surface area contributed by atoms with Crippen LogP contribution in [0.1, 0.15) is 23.7 Å². The summed E-state index contributed by atoms with van der Waals surface area (Å²) in [4.78, 5) is 36.6. The number of hydrogen-bond donors (Lipinski definition) is 1. The van der Waals surface area contributed by atoms with Crippen molar-refractivity contribution in [2.75, 3.05) is 18.2 Å². The van der Waals surface area contributed by atoms with E-state index in [9.17, 15) is 14.4 Å². The van der Waals surface area contributed by atoms with Crippen LogP contribution in [0.2, 0.25) is 0 Å². The predicted molar refractivity (Wildman–Crippen MR) is 72.2 cm³/mol. The van der Waals surface area contributed by atoms with Gasteiger partial charge in [0.15, 0.2) is 17.3 Å². The topological polar surface area (TPSA) is 98.9 Å². The molecule has 0 aromatic heterocycles. The van der Waals surface area contributed by atoms with Crippen LogP contribution in [0.5, 0.6) is 11.5 Å². The number of rotatable bonds is 3. The summed E-state index contributed by atoms with van der Waals surface area (Å²) >= 11 is 0. The van der Waals surface area contributed by atoms with Crippen LogP contribution in [0, 0.1) is 5.92 Å². The highest BCUT2D eigenvalue weighted by Crippen LogP contribution is 2.40. The molecule has 3 rings (SSSR count). The van der Waals surface area contributed by atoms with Crippen molar-refractivity contribution < 1.29 is 23.9 Å². The lowest BCUT2D eigenvalue weighted by atomic mass is 10.1. The highest BCUT2D eigenvalue weighted by molar-refractivity contribution is 6.07. The standard InChI is InChI=1S/C14H14N2O5/c1-7(17)9-3-11-12(21-6-20-11)4-10(9)16-5-8(14(15)19)2-13(16)18/h3-4,8H,2,5-6H2,1H3,(H2,15,19). The van der Waals surface area contributed by atoms with Gasteiger partial charge in [0.05, 0.1) is 11.6 Å². The van der Waals surface area contributed by atoms with Gasteiger partial charge in [-0.05, 0) is 13.0 Å². The fourth-order valence-corrected chi connectivity index (χ4v) is 2.57. The van der Waals surface area contributed by atoms with E-state index in [1.165, 1.54) is 11.8 Å². The Balaban J connectivity index is 2.03. The van der Waals surface area contributed by atoms with Crippen molar-refractivity contribution in [2.24, 2.45) is 11.7 Å². The molecule has 0 spiro atoms. The molecule has 2 N–H and O–H groups in total. The summed E-state index contributed by atoms with van der Waals surface area (Å²) in [6.07, 6.45) is 0.0567. The van der Waals surface area contributed by atoms with Gasteiger partial charge >= 0.3 is 0 Å². The second-order valence-corrected chi connectivity index (χ2v) is 5.09. The SMILES string of the molecule is CC(=O)c1cc2c(cc1N1CC(C(N)=O)CC1=O)OCO2. The van der Waals surface area contributed by atoms with E-state index in [0.29, 0.717) is 22.7 Å². The average molecular weight is 290 g/mol. The molecule has 0 aliphatic carbocycles. The minimum Gasteiger partial charge on any atom is -0.454 e. The molecule has 0 bridgehead atoms. The molecule has 7 heteroatoms. The molecular weight excluding hydrogens is 276 g/mol. The van der Waals surface area contributed by atoms with Crippen molar-refractivity contribution in [1.29, 1.82) is 0 Å². The molecule has 1 aromatic rings. The first-order chi connectivity index (χ1) is 9.97. The second kappa shape index (κ2) is 4.76. The zero-order chi connectivity index (χ0) is 15.1. The van der Waals surface area contributed by atoms with Gasteiger partial charge in [-0.2, -0.15) is 0 Å². The fourth-order valence-electron chi connectivity index (χ4n) is 2.57. The molecule has 1 saturated heterocycles. The van der Waals surface area contributed by atoms with E-state index in [0.717, 1.165) is 0 Å². The molecular formula is C14H14N2O5. The van der Waals surface area contributed by atoms with Crippen molar-refractivity contribution in [3.05, 3.63) is 17.7 Å². The lowest BCUT2D eigenvalue weighted by Gasteiger charge is -2.19. The van der Waals surface area contributed by atoms with Gasteiger partial charge in [-0.3, -0.25) is 14.4 Å². The molecule has 21 heavy (non-hydrogen) atoms. The Kier molecular flexibility index (Phi) is 3.04. The highest BCUT2D eigenvalue weighted by Gasteiger charge is 2.36. The predicted octanol–water partition coefficient (Wildman–Crippen LogP) is 0.456. The van der Waals surface area contributed by atoms with E-state index < -0.39 is 11.8 Å². The summed E-state index contributed by atoms with van der Waals surface area (Å²) in [5.41, 5.74) is 6.05. The van der Waals surface area contributed by atoms with Crippen LogP contribution in [0.4, 0.5) is 5.69 Å². The van der Waals surface area contributed by atoms with E-state index in [1.54, 1.807) is 12.1 Å². The first kappa shape index (κ1) is 13.4. The molecule has 1 fully saturated rings. The van der Waals surface area contributed by atoms with Crippen LogP contribution in [0.15, 0.2) is 12.1 Å². The maximum Gasteiger partial charge on any atom is 0.231 e. The van der Waals surface area contributed by atoms with Crippen molar-refractivity contribution in [2.45, 2.75) is 13.3 Å². The minimum absolute atomic E-state index is 0.0567. The Morgan fingerprint density at radius 1 is 1.29 bits per heavy atom. The second-order valence-electron chi connectivity index (χ2n) is 5.09. The molecule has 2 aliphatic rings. The third-order valence-electron chi connectivity index (χ3n) is 3.69. The Morgan fingerprint density at radius 3 is 2.52 bits per heavy atom. The van der Waals surface area contributed by atoms with Crippen LogP contribution in [0.25, 0.3) is 0 Å². The number of fused-ring (bicyclic) bond motifs is 1. The molecule has 110 valence electrons. The summed E-state index contributed by atoms with van der Waals surface area (Å²) in [6.45, 7) is 1.66. The molecule has 1 atom stereocenters. The molecule has 2 heterocycles. The van der Waals surface area contributed by atoms with Gasteiger partial charge in [-0.15, -0.1) is 0 Å². The number of carbonyl (C=O) groups excluding carboxylic acids is 3. The largest absolute Gasteiger partial charge is 0.454 e. The van der Waals surface area contributed by atoms with Gasteiger partial charge in [0, 0.05) is 24.6 Å². The monoisotopic (exact) mass is 290 g/mol. The van der Waals surface area contributed by atoms with Crippen LogP contribution >= 0.6 is 0 Å². The number of hydrogen-bond acceptors (Lipinski definition) is 5. The highest BCUT2D eigenvalue weighted by atomic mass is 16.7. The number of carbonyl (C=O) groups is 3. The average Bonchev–Trinajstić information content (AvgIpc) is 3.02. The molecule has 1 unspecified atom stereocenters. The molecule has 2 amide bonds. The minimum atomic E-state index is -0.539. The summed E-state index contributed by atoms with van der Waals surface area (Å²) < 4.78 is 10.5. The maximum atomic E-state index is 12.1. The van der Waals surface area contributed by atoms with Gasteiger partial charge in [0.2, 0.25) is 18.6 Å². The molecule has 0 radical (unpaired) electrons. The molecule has 2 aliphatic heterocycles. The molecule has 7 nitrogen and oxygen atoms in total. The summed E-state index contributed by atoms with van der Waals surface area (Å²) in [5.74, 6) is -0.537. The number of nitrogens with zero attached hydrogens (tertiary/aromatic N) is 1. The zero-order valence-corrected chi connectivity index (χ0v) is 11.4. The van der Waals surface area contributed by atoms with Crippen molar-refractivity contribution in [1.82, 2.24) is 0 Å². The number of ether oxygens (including phenoxy) is 2. The smallest absolute Gasteiger partial charge is 0.231 e. The third kappa shape index (κ3) is 2.20. The Bertz CT molecular complexity index is 655. The van der Waals surface area contributed by atoms with E-state index in [1.807, 2.05) is 0 Å². The van der Waals surface area contributed by atoms with Gasteiger partial charge in [-0.25, -0.2) is 0 Å². The lowest BCUT2D eigenvalue weighted by Crippen LogP contribution is -2.29. The molecule has 0 saturated carbocycles. The van der Waals surface area contributed by atoms with Gasteiger partial charge in [0.1, 0.15) is 0 Å². The maximum absolute atomic E-state index is 12.1. The third-order valence-corrected chi connectivity index (χ3v) is 3.69. The Labute approximate surface area is 120 Å². The Morgan fingerprint density at radius 2 is 1.95 bits per heavy atom. The summed E-state index contributed by atoms with van der Waals surface area (Å²) in [5, 5.41) is 0. The summed E-state index contributed by atoms with van der Waals surface area (Å²) in [7, 11) is 0. The van der Waals surface area contributed by atoms with Crippen LogP contribution < -0.4 is 20.1 Å². The van der Waals surface area contributed by atoms with E-state index in [-0.39, 0.29) is 31.4 Å². The fraction of sp³-hybridized carbons (Fsp3) is 0.357. The number of Topliss-reactive ketones (excluding diaryl/α,β-unsaturated/α-hetero) is 1. The van der Waals surface area contributed by atoms with Crippen LogP contribution in [-0.4, -0.2) is 30.9 Å². The van der Waals surface area contributed by atoms with Crippen LogP contribution in [-0.2, 0) is 9.59 Å². The van der Waals surface area contributed by atoms with Gasteiger partial charge in [0.25, 0.3) is 0 Å². The van der Waals surface area contributed by atoms with Crippen molar-refractivity contribution in [3.8, 4) is 11.5 Å². The van der Waals surface area contributed by atoms with Gasteiger partial charge in [-0.1, -0.05) is 0 Å². The summed E-state index contributed by atoms with van der Waals surface area (Å²) in [6, 6.07) is 3.16. The zero-order valence-electron chi connectivity index (χ0n) is 11.4. The van der Waals surface area contributed by atoms with Crippen molar-refractivity contribution >= 4 is 23.3 Å². The van der Waals surface area contributed by atoms with Crippen molar-refractivity contribution in [3.63, 3.8) is 0 Å². The number of ketones is 1. The number of anilines is 1. The Hall–Kier alpha value is -2.57. The number of nitrogens with two attached hydrogens (primary N) is 1. The number of primary amides is 1. The van der Waals surface area contributed by atoms with E-state index in [2.05, 4.69) is 0 Å². The lowest BCUT2D eigenvalue weighted by molar-refractivity contribution is -0.123. The first-order valence-corrected chi connectivity index (χ1v) is 6.51. The van der Waals surface area contributed by atoms with E-state index in [4.69, 9.17) is 15.2 Å². The first-order valence-electron chi connectivity index (χ1n) is 6.51.